The minimum absolute atomic E-state index is 0.339. The van der Waals surface area contributed by atoms with Crippen molar-refractivity contribution >= 4 is 11.6 Å². The van der Waals surface area contributed by atoms with Gasteiger partial charge in [0.25, 0.3) is 5.91 Å². The number of halogens is 3. The van der Waals surface area contributed by atoms with Gasteiger partial charge in [0.1, 0.15) is 5.66 Å². The third-order valence-electron chi connectivity index (χ3n) is 4.51. The van der Waals surface area contributed by atoms with Crippen LogP contribution in [0.2, 0.25) is 0 Å². The first-order chi connectivity index (χ1) is 10.3. The number of para-hydroxylation sites is 1. The number of aliphatic hydroxyl groups is 1. The maximum Gasteiger partial charge on any atom is 0.426 e. The number of carbonyl (C=O) groups is 1. The summed E-state index contributed by atoms with van der Waals surface area (Å²) in [5.41, 5.74) is -3.34. The lowest BCUT2D eigenvalue weighted by atomic mass is 9.90. The summed E-state index contributed by atoms with van der Waals surface area (Å²) in [6, 6.07) is 6.83. The molecule has 0 aliphatic carbocycles. The molecule has 2 atom stereocenters. The van der Waals surface area contributed by atoms with Gasteiger partial charge in [0.2, 0.25) is 5.60 Å². The van der Waals surface area contributed by atoms with E-state index in [1.54, 1.807) is 24.3 Å². The van der Waals surface area contributed by atoms with Crippen molar-refractivity contribution in [3.8, 4) is 0 Å². The first-order valence-electron chi connectivity index (χ1n) is 7.22. The number of hydrogen-bond acceptors (Lipinski definition) is 3. The maximum absolute atomic E-state index is 13.3. The number of nitrogens with zero attached hydrogens (tertiary/aromatic N) is 1. The summed E-state index contributed by atoms with van der Waals surface area (Å²) in [5.74, 6) is -1.30. The van der Waals surface area contributed by atoms with E-state index in [9.17, 15) is 23.1 Å². The standard InChI is InChI=1S/C15H17F3N2O2/c1-2-7-13-9-14(22,15(16,17)18)12(21)20(13)11-6-4-3-5-10(11)8-19-13/h3-6,19,22H,2,7-9H2,1H3/t13-,14-/m0/s1. The normalized spacial score (nSPS) is 31.1. The van der Waals surface area contributed by atoms with Gasteiger partial charge in [0.05, 0.1) is 5.69 Å². The molecule has 120 valence electrons. The van der Waals surface area contributed by atoms with E-state index in [1.165, 1.54) is 0 Å². The van der Waals surface area contributed by atoms with Crippen LogP contribution >= 0.6 is 0 Å². The Hall–Kier alpha value is -1.60. The van der Waals surface area contributed by atoms with Crippen LogP contribution < -0.4 is 10.2 Å². The van der Waals surface area contributed by atoms with Crippen molar-refractivity contribution in [3.05, 3.63) is 29.8 Å². The van der Waals surface area contributed by atoms with Crippen LogP contribution in [0.15, 0.2) is 24.3 Å². The second-order valence-corrected chi connectivity index (χ2v) is 5.94. The molecule has 2 heterocycles. The predicted octanol–water partition coefficient (Wildman–Crippen LogP) is 2.32. The van der Waals surface area contributed by atoms with Gasteiger partial charge in [0, 0.05) is 13.0 Å². The van der Waals surface area contributed by atoms with E-state index in [0.29, 0.717) is 25.1 Å². The molecule has 4 nitrogen and oxygen atoms in total. The Morgan fingerprint density at radius 3 is 2.68 bits per heavy atom. The summed E-state index contributed by atoms with van der Waals surface area (Å²) in [4.78, 5) is 13.6. The van der Waals surface area contributed by atoms with Crippen molar-refractivity contribution in [2.24, 2.45) is 0 Å². The van der Waals surface area contributed by atoms with E-state index in [1.807, 2.05) is 6.92 Å². The number of rotatable bonds is 2. The van der Waals surface area contributed by atoms with Crippen molar-refractivity contribution in [3.63, 3.8) is 0 Å². The monoisotopic (exact) mass is 314 g/mol. The highest BCUT2D eigenvalue weighted by Crippen LogP contribution is 2.50. The summed E-state index contributed by atoms with van der Waals surface area (Å²) in [7, 11) is 0. The molecule has 2 aliphatic rings. The third kappa shape index (κ3) is 1.88. The van der Waals surface area contributed by atoms with Crippen LogP contribution in [0.5, 0.6) is 0 Å². The average molecular weight is 314 g/mol. The molecular weight excluding hydrogens is 297 g/mol. The Balaban J connectivity index is 2.16. The van der Waals surface area contributed by atoms with Crippen LogP contribution in [-0.4, -0.2) is 28.5 Å². The highest BCUT2D eigenvalue weighted by Gasteiger charge is 2.71. The number of alkyl halides is 3. The quantitative estimate of drug-likeness (QED) is 0.881. The van der Waals surface area contributed by atoms with Crippen LogP contribution in [0.1, 0.15) is 31.7 Å². The number of hydrogen-bond donors (Lipinski definition) is 2. The topological polar surface area (TPSA) is 52.6 Å². The van der Waals surface area contributed by atoms with Gasteiger partial charge in [-0.1, -0.05) is 31.5 Å². The van der Waals surface area contributed by atoms with Gasteiger partial charge in [-0.05, 0) is 18.1 Å². The molecule has 1 amide bonds. The molecule has 0 spiro atoms. The number of amides is 1. The largest absolute Gasteiger partial charge is 0.426 e. The molecule has 1 aromatic rings. The van der Waals surface area contributed by atoms with Crippen molar-refractivity contribution in [2.75, 3.05) is 4.90 Å². The van der Waals surface area contributed by atoms with Gasteiger partial charge in [0.15, 0.2) is 0 Å². The van der Waals surface area contributed by atoms with E-state index < -0.39 is 29.8 Å². The molecule has 0 bridgehead atoms. The number of carbonyl (C=O) groups excluding carboxylic acids is 1. The third-order valence-corrected chi connectivity index (χ3v) is 4.51. The molecule has 2 aliphatic heterocycles. The van der Waals surface area contributed by atoms with E-state index in [4.69, 9.17) is 0 Å². The second-order valence-electron chi connectivity index (χ2n) is 5.94. The fourth-order valence-corrected chi connectivity index (χ4v) is 3.50. The van der Waals surface area contributed by atoms with Crippen molar-refractivity contribution in [1.82, 2.24) is 5.32 Å². The highest BCUT2D eigenvalue weighted by molar-refractivity contribution is 6.05. The first kappa shape index (κ1) is 15.3. The number of benzene rings is 1. The molecule has 0 radical (unpaired) electrons. The zero-order chi connectivity index (χ0) is 16.2. The van der Waals surface area contributed by atoms with Gasteiger partial charge in [-0.25, -0.2) is 0 Å². The van der Waals surface area contributed by atoms with Crippen LogP contribution in [0.25, 0.3) is 0 Å². The summed E-state index contributed by atoms with van der Waals surface area (Å²) < 4.78 is 39.9. The minimum atomic E-state index is -5.00. The molecule has 1 saturated heterocycles. The Labute approximate surface area is 125 Å². The summed E-state index contributed by atoms with van der Waals surface area (Å²) in [6.45, 7) is 2.21. The molecule has 1 fully saturated rings. The van der Waals surface area contributed by atoms with Crippen LogP contribution in [-0.2, 0) is 11.3 Å². The minimum Gasteiger partial charge on any atom is -0.373 e. The lowest BCUT2D eigenvalue weighted by molar-refractivity contribution is -0.248. The number of anilines is 1. The number of fused-ring (bicyclic) bond motifs is 3. The lowest BCUT2D eigenvalue weighted by Crippen LogP contribution is -2.59. The highest BCUT2D eigenvalue weighted by atomic mass is 19.4. The van der Waals surface area contributed by atoms with Gasteiger partial charge in [-0.3, -0.25) is 15.0 Å². The zero-order valence-corrected chi connectivity index (χ0v) is 12.1. The van der Waals surface area contributed by atoms with Gasteiger partial charge in [-0.15, -0.1) is 0 Å². The van der Waals surface area contributed by atoms with Gasteiger partial charge in [-0.2, -0.15) is 13.2 Å². The van der Waals surface area contributed by atoms with Gasteiger partial charge >= 0.3 is 6.18 Å². The zero-order valence-electron chi connectivity index (χ0n) is 12.1. The number of nitrogens with one attached hydrogen (secondary N) is 1. The molecule has 0 aromatic heterocycles. The smallest absolute Gasteiger partial charge is 0.373 e. The fraction of sp³-hybridized carbons (Fsp3) is 0.533. The molecular formula is C15H17F3N2O2. The van der Waals surface area contributed by atoms with Gasteiger partial charge < -0.3 is 5.11 Å². The Morgan fingerprint density at radius 2 is 2.05 bits per heavy atom. The van der Waals surface area contributed by atoms with Crippen molar-refractivity contribution in [2.45, 2.75) is 50.2 Å². The summed E-state index contributed by atoms with van der Waals surface area (Å²) >= 11 is 0. The Morgan fingerprint density at radius 1 is 1.36 bits per heavy atom. The lowest BCUT2D eigenvalue weighted by Gasteiger charge is -2.43. The summed E-state index contributed by atoms with van der Waals surface area (Å²) in [5, 5.41) is 13.1. The summed E-state index contributed by atoms with van der Waals surface area (Å²) in [6.07, 6.45) is -4.76. The Bertz CT molecular complexity index is 619. The van der Waals surface area contributed by atoms with Crippen LogP contribution in [0, 0.1) is 0 Å². The van der Waals surface area contributed by atoms with E-state index in [-0.39, 0.29) is 0 Å². The fourth-order valence-electron chi connectivity index (χ4n) is 3.50. The molecule has 22 heavy (non-hydrogen) atoms. The predicted molar refractivity (Wildman–Crippen MR) is 74.0 cm³/mol. The molecule has 0 unspecified atom stereocenters. The molecule has 2 N–H and O–H groups in total. The molecule has 7 heteroatoms. The Kier molecular flexibility index (Phi) is 3.27. The molecule has 1 aromatic carbocycles. The molecule has 0 saturated carbocycles. The van der Waals surface area contributed by atoms with E-state index in [2.05, 4.69) is 5.32 Å². The van der Waals surface area contributed by atoms with E-state index >= 15 is 0 Å². The maximum atomic E-state index is 13.3. The second kappa shape index (κ2) is 4.70. The first-order valence-corrected chi connectivity index (χ1v) is 7.22. The van der Waals surface area contributed by atoms with Crippen LogP contribution in [0.4, 0.5) is 18.9 Å². The van der Waals surface area contributed by atoms with Crippen molar-refractivity contribution < 1.29 is 23.1 Å². The van der Waals surface area contributed by atoms with E-state index in [0.717, 1.165) is 10.5 Å². The SMILES string of the molecule is CCC[C@@]12C[C@@](O)(C(F)(F)F)C(=O)N1c1ccccc1CN2. The van der Waals surface area contributed by atoms with Crippen LogP contribution in [0.3, 0.4) is 0 Å². The molecule has 3 rings (SSSR count). The average Bonchev–Trinajstić information content (AvgIpc) is 2.69. The van der Waals surface area contributed by atoms with Crippen molar-refractivity contribution in [1.29, 1.82) is 0 Å².